The Balaban J connectivity index is 2.35. The molecule has 2 rings (SSSR count). The third kappa shape index (κ3) is 2.21. The number of rotatable bonds is 2. The lowest BCUT2D eigenvalue weighted by atomic mass is 10.0. The summed E-state index contributed by atoms with van der Waals surface area (Å²) in [5.41, 5.74) is 6.94. The van der Waals surface area contributed by atoms with E-state index in [1.807, 2.05) is 0 Å². The van der Waals surface area contributed by atoms with E-state index in [9.17, 15) is 4.39 Å². The molecule has 16 heavy (non-hydrogen) atoms. The number of nitrogens with zero attached hydrogens (tertiary/aromatic N) is 1. The van der Waals surface area contributed by atoms with E-state index in [0.29, 0.717) is 5.02 Å². The zero-order chi connectivity index (χ0) is 11.5. The molecule has 0 saturated carbocycles. The lowest BCUT2D eigenvalue weighted by Crippen LogP contribution is -2.15. The van der Waals surface area contributed by atoms with Crippen molar-refractivity contribution in [2.45, 2.75) is 6.04 Å². The number of pyridine rings is 1. The van der Waals surface area contributed by atoms with Crippen LogP contribution in [-0.4, -0.2) is 4.98 Å². The van der Waals surface area contributed by atoms with Gasteiger partial charge in [0.15, 0.2) is 0 Å². The molecule has 1 unspecified atom stereocenters. The highest BCUT2D eigenvalue weighted by atomic mass is 35.5. The van der Waals surface area contributed by atoms with Crippen LogP contribution in [0.3, 0.4) is 0 Å². The molecule has 4 heteroatoms. The largest absolute Gasteiger partial charge is 0.319 e. The molecule has 2 aromatic rings. The molecule has 0 aliphatic rings. The third-order valence-electron chi connectivity index (χ3n) is 2.31. The summed E-state index contributed by atoms with van der Waals surface area (Å²) < 4.78 is 13.4. The summed E-state index contributed by atoms with van der Waals surface area (Å²) in [7, 11) is 0. The van der Waals surface area contributed by atoms with E-state index in [4.69, 9.17) is 17.3 Å². The minimum absolute atomic E-state index is 0.241. The molecule has 1 heterocycles. The molecule has 0 aliphatic heterocycles. The summed E-state index contributed by atoms with van der Waals surface area (Å²) in [5, 5.41) is 0.623. The maximum atomic E-state index is 13.4. The van der Waals surface area contributed by atoms with Gasteiger partial charge in [0, 0.05) is 11.2 Å². The Morgan fingerprint density at radius 2 is 1.88 bits per heavy atom. The van der Waals surface area contributed by atoms with Crippen LogP contribution in [0.4, 0.5) is 4.39 Å². The normalized spacial score (nSPS) is 12.4. The average molecular weight is 237 g/mol. The van der Waals surface area contributed by atoms with Crippen molar-refractivity contribution in [3.05, 3.63) is 64.7 Å². The first-order valence-electron chi connectivity index (χ1n) is 4.80. The minimum atomic E-state index is -0.571. The molecule has 1 aromatic heterocycles. The maximum Gasteiger partial charge on any atom is 0.146 e. The van der Waals surface area contributed by atoms with Gasteiger partial charge >= 0.3 is 0 Å². The molecule has 0 bridgehead atoms. The van der Waals surface area contributed by atoms with Gasteiger partial charge in [-0.1, -0.05) is 23.7 Å². The first-order valence-corrected chi connectivity index (χ1v) is 5.18. The van der Waals surface area contributed by atoms with Crippen LogP contribution in [0.15, 0.2) is 42.6 Å². The summed E-state index contributed by atoms with van der Waals surface area (Å²) in [6, 6.07) is 9.28. The molecule has 0 spiro atoms. The second kappa shape index (κ2) is 4.60. The van der Waals surface area contributed by atoms with E-state index in [-0.39, 0.29) is 5.69 Å². The summed E-state index contributed by atoms with van der Waals surface area (Å²) in [6.45, 7) is 0. The predicted molar refractivity (Wildman–Crippen MR) is 61.7 cm³/mol. The van der Waals surface area contributed by atoms with Crippen molar-refractivity contribution in [2.75, 3.05) is 0 Å². The number of hydrogen-bond acceptors (Lipinski definition) is 2. The van der Waals surface area contributed by atoms with Crippen molar-refractivity contribution in [3.63, 3.8) is 0 Å². The fourth-order valence-electron chi connectivity index (χ4n) is 1.45. The minimum Gasteiger partial charge on any atom is -0.319 e. The van der Waals surface area contributed by atoms with E-state index >= 15 is 0 Å². The molecule has 0 amide bonds. The van der Waals surface area contributed by atoms with Crippen LogP contribution >= 0.6 is 11.6 Å². The zero-order valence-electron chi connectivity index (χ0n) is 8.40. The molecule has 1 aromatic carbocycles. The van der Waals surface area contributed by atoms with Gasteiger partial charge in [-0.2, -0.15) is 0 Å². The average Bonchev–Trinajstić information content (AvgIpc) is 2.30. The standard InChI is InChI=1S/C12H10ClFN2/c13-9-5-3-8(4-6-9)11(15)12-10(14)2-1-7-16-12/h1-7,11H,15H2. The van der Waals surface area contributed by atoms with Gasteiger partial charge in [-0.15, -0.1) is 0 Å². The monoisotopic (exact) mass is 236 g/mol. The summed E-state index contributed by atoms with van der Waals surface area (Å²) >= 11 is 5.76. The van der Waals surface area contributed by atoms with Gasteiger partial charge < -0.3 is 5.73 Å². The molecule has 82 valence electrons. The van der Waals surface area contributed by atoms with Gasteiger partial charge in [-0.3, -0.25) is 4.98 Å². The molecule has 0 fully saturated rings. The van der Waals surface area contributed by atoms with Crippen molar-refractivity contribution in [1.29, 1.82) is 0 Å². The first-order chi connectivity index (χ1) is 7.68. The van der Waals surface area contributed by atoms with Gasteiger partial charge in [0.05, 0.1) is 11.7 Å². The van der Waals surface area contributed by atoms with Gasteiger partial charge in [-0.25, -0.2) is 4.39 Å². The molecule has 1 atom stereocenters. The molecular formula is C12H10ClFN2. The van der Waals surface area contributed by atoms with E-state index in [2.05, 4.69) is 4.98 Å². The summed E-state index contributed by atoms with van der Waals surface area (Å²) in [4.78, 5) is 3.94. The Hall–Kier alpha value is -1.45. The van der Waals surface area contributed by atoms with E-state index < -0.39 is 11.9 Å². The van der Waals surface area contributed by atoms with E-state index in [1.54, 1.807) is 24.3 Å². The van der Waals surface area contributed by atoms with E-state index in [0.717, 1.165) is 5.56 Å². The number of aromatic nitrogens is 1. The zero-order valence-corrected chi connectivity index (χ0v) is 9.16. The molecule has 0 aliphatic carbocycles. The third-order valence-corrected chi connectivity index (χ3v) is 2.56. The summed E-state index contributed by atoms with van der Waals surface area (Å²) in [5.74, 6) is -0.398. The van der Waals surface area contributed by atoms with Crippen molar-refractivity contribution >= 4 is 11.6 Å². The molecular weight excluding hydrogens is 227 g/mol. The van der Waals surface area contributed by atoms with Crippen molar-refractivity contribution in [3.8, 4) is 0 Å². The SMILES string of the molecule is NC(c1ccc(Cl)cc1)c1ncccc1F. The number of halogens is 2. The van der Waals surface area contributed by atoms with Gasteiger partial charge in [0.25, 0.3) is 0 Å². The lowest BCUT2D eigenvalue weighted by Gasteiger charge is -2.11. The lowest BCUT2D eigenvalue weighted by molar-refractivity contribution is 0.586. The van der Waals surface area contributed by atoms with Gasteiger partial charge in [-0.05, 0) is 29.8 Å². The van der Waals surface area contributed by atoms with Crippen molar-refractivity contribution < 1.29 is 4.39 Å². The smallest absolute Gasteiger partial charge is 0.146 e. The van der Waals surface area contributed by atoms with Crippen LogP contribution < -0.4 is 5.73 Å². The van der Waals surface area contributed by atoms with Crippen LogP contribution in [-0.2, 0) is 0 Å². The second-order valence-corrected chi connectivity index (χ2v) is 3.84. The van der Waals surface area contributed by atoms with Crippen molar-refractivity contribution in [2.24, 2.45) is 5.73 Å². The Morgan fingerprint density at radius 3 is 2.50 bits per heavy atom. The highest BCUT2D eigenvalue weighted by molar-refractivity contribution is 6.30. The van der Waals surface area contributed by atoms with Crippen LogP contribution in [0.5, 0.6) is 0 Å². The molecule has 0 saturated heterocycles. The fourth-order valence-corrected chi connectivity index (χ4v) is 1.58. The highest BCUT2D eigenvalue weighted by Crippen LogP contribution is 2.21. The molecule has 2 nitrogen and oxygen atoms in total. The number of nitrogens with two attached hydrogens (primary N) is 1. The van der Waals surface area contributed by atoms with Crippen molar-refractivity contribution in [1.82, 2.24) is 4.98 Å². The maximum absolute atomic E-state index is 13.4. The van der Waals surface area contributed by atoms with Gasteiger partial charge in [0.1, 0.15) is 5.82 Å². The van der Waals surface area contributed by atoms with Crippen LogP contribution in [0, 0.1) is 5.82 Å². The second-order valence-electron chi connectivity index (χ2n) is 3.40. The quantitative estimate of drug-likeness (QED) is 0.871. The highest BCUT2D eigenvalue weighted by Gasteiger charge is 2.14. The van der Waals surface area contributed by atoms with Crippen LogP contribution in [0.2, 0.25) is 5.02 Å². The van der Waals surface area contributed by atoms with Crippen LogP contribution in [0.25, 0.3) is 0 Å². The first kappa shape index (κ1) is 11.0. The van der Waals surface area contributed by atoms with Gasteiger partial charge in [0.2, 0.25) is 0 Å². The molecule has 0 radical (unpaired) electrons. The Kier molecular flexibility index (Phi) is 3.17. The fraction of sp³-hybridized carbons (Fsp3) is 0.0833. The Bertz CT molecular complexity index is 485. The topological polar surface area (TPSA) is 38.9 Å². The predicted octanol–water partition coefficient (Wildman–Crippen LogP) is 2.92. The Labute approximate surface area is 97.9 Å². The number of hydrogen-bond donors (Lipinski definition) is 1. The van der Waals surface area contributed by atoms with E-state index in [1.165, 1.54) is 18.3 Å². The summed E-state index contributed by atoms with van der Waals surface area (Å²) in [6.07, 6.45) is 1.52. The van der Waals surface area contributed by atoms with Crippen LogP contribution in [0.1, 0.15) is 17.3 Å². The molecule has 2 N–H and O–H groups in total. The Morgan fingerprint density at radius 1 is 1.19 bits per heavy atom. The number of benzene rings is 1.